The second kappa shape index (κ2) is 16.7. The Morgan fingerprint density at radius 2 is 1.39 bits per heavy atom. The zero-order valence-electron chi connectivity index (χ0n) is 28.0. The van der Waals surface area contributed by atoms with Crippen molar-refractivity contribution in [2.45, 2.75) is 193 Å². The monoisotopic (exact) mass is 584 g/mol. The molecule has 4 aliphatic rings. The highest BCUT2D eigenvalue weighted by molar-refractivity contribution is 8.14. The van der Waals surface area contributed by atoms with Crippen LogP contribution in [0.2, 0.25) is 0 Å². The number of rotatable bonds is 18. The highest BCUT2D eigenvalue weighted by Gasteiger charge is 2.58. The number of hydrogen-bond donors (Lipinski definition) is 0. The van der Waals surface area contributed by atoms with Crippen LogP contribution in [0, 0.1) is 34.5 Å². The van der Waals surface area contributed by atoms with Gasteiger partial charge in [-0.05, 0) is 98.7 Å². The van der Waals surface area contributed by atoms with Crippen LogP contribution in [0.3, 0.4) is 0 Å². The Hall–Kier alpha value is -0.240. The number of fused-ring (bicyclic) bond motifs is 5. The molecule has 0 N–H and O–H groups in total. The second-order valence-corrected chi connectivity index (χ2v) is 16.9. The summed E-state index contributed by atoms with van der Waals surface area (Å²) in [5.41, 5.74) is 2.78. The van der Waals surface area contributed by atoms with Crippen molar-refractivity contribution < 1.29 is 4.79 Å². The molecule has 7 atom stereocenters. The third-order valence-corrected chi connectivity index (χ3v) is 14.1. The molecule has 0 aromatic heterocycles. The molecule has 0 aliphatic heterocycles. The van der Waals surface area contributed by atoms with E-state index in [0.29, 0.717) is 21.2 Å². The lowest BCUT2D eigenvalue weighted by atomic mass is 9.47. The van der Waals surface area contributed by atoms with Crippen LogP contribution in [0.15, 0.2) is 11.6 Å². The van der Waals surface area contributed by atoms with Gasteiger partial charge >= 0.3 is 0 Å². The molecular weight excluding hydrogens is 516 g/mol. The van der Waals surface area contributed by atoms with Gasteiger partial charge in [-0.25, -0.2) is 0 Å². The summed E-state index contributed by atoms with van der Waals surface area (Å²) in [6.07, 6.45) is 36.7. The lowest BCUT2D eigenvalue weighted by molar-refractivity contribution is -0.111. The van der Waals surface area contributed by atoms with Gasteiger partial charge in [-0.1, -0.05) is 141 Å². The Balaban J connectivity index is 1.20. The first-order valence-electron chi connectivity index (χ1n) is 18.8. The maximum absolute atomic E-state index is 12.9. The summed E-state index contributed by atoms with van der Waals surface area (Å²) < 4.78 is 0. The SMILES string of the molecule is CCCCCCCCCCCC(=O)S[C@H]1CC[C@@]2(C)C(=CC[C@H]3[C@@H]4CC[C@@H](CCCCCCCC)[C@@]4(C)CC[C@@H]32)C1. The van der Waals surface area contributed by atoms with Crippen LogP contribution in [0.1, 0.15) is 188 Å². The van der Waals surface area contributed by atoms with Gasteiger partial charge in [0.1, 0.15) is 0 Å². The Labute approximate surface area is 260 Å². The van der Waals surface area contributed by atoms with Crippen molar-refractivity contribution in [3.63, 3.8) is 0 Å². The minimum Gasteiger partial charge on any atom is -0.287 e. The summed E-state index contributed by atoms with van der Waals surface area (Å²) in [7, 11) is 0. The summed E-state index contributed by atoms with van der Waals surface area (Å²) >= 11 is 1.73. The van der Waals surface area contributed by atoms with Gasteiger partial charge in [0.2, 0.25) is 0 Å². The molecule has 4 rings (SSSR count). The van der Waals surface area contributed by atoms with Crippen LogP contribution in [-0.2, 0) is 4.79 Å². The van der Waals surface area contributed by atoms with E-state index < -0.39 is 0 Å². The van der Waals surface area contributed by atoms with Crippen LogP contribution < -0.4 is 0 Å². The first-order chi connectivity index (χ1) is 19.9. The first kappa shape index (κ1) is 33.6. The van der Waals surface area contributed by atoms with Crippen molar-refractivity contribution in [2.75, 3.05) is 0 Å². The van der Waals surface area contributed by atoms with E-state index in [1.807, 2.05) is 0 Å². The molecule has 3 fully saturated rings. The molecule has 2 heteroatoms. The molecular formula is C39H68OS. The lowest BCUT2D eigenvalue weighted by Crippen LogP contribution is -2.50. The summed E-state index contributed by atoms with van der Waals surface area (Å²) in [5, 5.41) is 1.02. The Morgan fingerprint density at radius 3 is 2.07 bits per heavy atom. The zero-order valence-corrected chi connectivity index (χ0v) is 28.8. The summed E-state index contributed by atoms with van der Waals surface area (Å²) in [4.78, 5) is 12.9. The van der Waals surface area contributed by atoms with Crippen molar-refractivity contribution in [1.82, 2.24) is 0 Å². The van der Waals surface area contributed by atoms with E-state index in [4.69, 9.17) is 0 Å². The lowest BCUT2D eigenvalue weighted by Gasteiger charge is -2.58. The summed E-state index contributed by atoms with van der Waals surface area (Å²) in [5.74, 6) is 3.78. The van der Waals surface area contributed by atoms with E-state index in [-0.39, 0.29) is 0 Å². The molecule has 4 aliphatic carbocycles. The molecule has 0 saturated heterocycles. The maximum atomic E-state index is 12.9. The minimum absolute atomic E-state index is 0.416. The minimum atomic E-state index is 0.416. The van der Waals surface area contributed by atoms with Gasteiger partial charge in [0.25, 0.3) is 0 Å². The van der Waals surface area contributed by atoms with Crippen LogP contribution in [-0.4, -0.2) is 10.4 Å². The molecule has 0 unspecified atom stereocenters. The van der Waals surface area contributed by atoms with Crippen LogP contribution >= 0.6 is 11.8 Å². The fourth-order valence-corrected chi connectivity index (χ4v) is 11.4. The molecule has 0 radical (unpaired) electrons. The Morgan fingerprint density at radius 1 is 0.756 bits per heavy atom. The molecule has 41 heavy (non-hydrogen) atoms. The predicted octanol–water partition coefficient (Wildman–Crippen LogP) is 12.9. The van der Waals surface area contributed by atoms with Gasteiger partial charge < -0.3 is 0 Å². The van der Waals surface area contributed by atoms with Crippen LogP contribution in [0.25, 0.3) is 0 Å². The summed E-state index contributed by atoms with van der Waals surface area (Å²) in [6, 6.07) is 0. The van der Waals surface area contributed by atoms with Crippen LogP contribution in [0.5, 0.6) is 0 Å². The number of unbranched alkanes of at least 4 members (excludes halogenated alkanes) is 13. The molecule has 0 amide bonds. The van der Waals surface area contributed by atoms with Gasteiger partial charge in [-0.15, -0.1) is 0 Å². The molecule has 0 bridgehead atoms. The van der Waals surface area contributed by atoms with E-state index in [1.165, 1.54) is 148 Å². The molecule has 0 heterocycles. The van der Waals surface area contributed by atoms with Gasteiger partial charge in [0.05, 0.1) is 0 Å². The van der Waals surface area contributed by atoms with Crippen molar-refractivity contribution >= 4 is 16.9 Å². The quantitative estimate of drug-likeness (QED) is 0.118. The van der Waals surface area contributed by atoms with Crippen molar-refractivity contribution in [3.05, 3.63) is 11.6 Å². The number of carbonyl (C=O) groups excluding carboxylic acids is 1. The van der Waals surface area contributed by atoms with Gasteiger partial charge in [-0.3, -0.25) is 4.79 Å². The number of thioether (sulfide) groups is 1. The van der Waals surface area contributed by atoms with Crippen molar-refractivity contribution in [1.29, 1.82) is 0 Å². The molecule has 0 aromatic rings. The molecule has 236 valence electrons. The Kier molecular flexibility index (Phi) is 13.7. The average Bonchev–Trinajstić information content (AvgIpc) is 3.30. The molecule has 0 aromatic carbocycles. The topological polar surface area (TPSA) is 17.1 Å². The standard InChI is InChI=1S/C39H68OS/c1-5-7-9-11-13-14-15-17-19-21-37(40)41-33-26-28-39(4)32(30-33)22-24-34-35-25-23-31(20-18-16-12-10-8-6-2)38(35,3)29-27-36(34)39/h22,31,33-36H,5-21,23-30H2,1-4H3/t31-,33+,34+,35+,36+,38-,39+/m1/s1. The zero-order chi connectivity index (χ0) is 29.1. The number of allylic oxidation sites excluding steroid dienone is 2. The van der Waals surface area contributed by atoms with Crippen molar-refractivity contribution in [3.8, 4) is 0 Å². The van der Waals surface area contributed by atoms with E-state index in [1.54, 1.807) is 17.3 Å². The molecule has 3 saturated carbocycles. The molecule has 1 nitrogen and oxygen atoms in total. The van der Waals surface area contributed by atoms with E-state index >= 15 is 0 Å². The third kappa shape index (κ3) is 8.69. The van der Waals surface area contributed by atoms with Gasteiger partial charge in [-0.2, -0.15) is 0 Å². The third-order valence-electron chi connectivity index (χ3n) is 12.9. The van der Waals surface area contributed by atoms with E-state index in [0.717, 1.165) is 36.5 Å². The largest absolute Gasteiger partial charge is 0.287 e. The fourth-order valence-electron chi connectivity index (χ4n) is 10.3. The van der Waals surface area contributed by atoms with Crippen LogP contribution in [0.4, 0.5) is 0 Å². The molecule has 0 spiro atoms. The Bertz CT molecular complexity index is 816. The smallest absolute Gasteiger partial charge is 0.189 e. The number of hydrogen-bond acceptors (Lipinski definition) is 2. The second-order valence-electron chi connectivity index (χ2n) is 15.6. The summed E-state index contributed by atoms with van der Waals surface area (Å²) in [6.45, 7) is 9.98. The highest BCUT2D eigenvalue weighted by atomic mass is 32.2. The van der Waals surface area contributed by atoms with Gasteiger partial charge in [0, 0.05) is 11.7 Å². The number of carbonyl (C=O) groups is 1. The maximum Gasteiger partial charge on any atom is 0.189 e. The fraction of sp³-hybridized carbons (Fsp3) is 0.923. The van der Waals surface area contributed by atoms with Crippen molar-refractivity contribution in [2.24, 2.45) is 34.5 Å². The van der Waals surface area contributed by atoms with Gasteiger partial charge in [0.15, 0.2) is 5.12 Å². The van der Waals surface area contributed by atoms with E-state index in [2.05, 4.69) is 33.8 Å². The van der Waals surface area contributed by atoms with E-state index in [9.17, 15) is 4.79 Å². The highest BCUT2D eigenvalue weighted by Crippen LogP contribution is 2.67. The normalized spacial score (nSPS) is 34.5. The average molecular weight is 585 g/mol. The first-order valence-corrected chi connectivity index (χ1v) is 19.7. The predicted molar refractivity (Wildman–Crippen MR) is 181 cm³/mol.